The maximum Gasteiger partial charge on any atom is 0.269 e. The summed E-state index contributed by atoms with van der Waals surface area (Å²) in [5.74, 6) is 0. The van der Waals surface area contributed by atoms with Crippen molar-refractivity contribution in [2.75, 3.05) is 25.1 Å². The Kier molecular flexibility index (Phi) is 5.95. The molecule has 1 aromatic carbocycles. The lowest BCUT2D eigenvalue weighted by Crippen LogP contribution is -2.14. The number of hydrogen-bond donors (Lipinski definition) is 1. The highest BCUT2D eigenvalue weighted by Crippen LogP contribution is 2.23. The van der Waals surface area contributed by atoms with Crippen molar-refractivity contribution < 1.29 is 14.4 Å². The largest absolute Gasteiger partial charge is 0.385 e. The van der Waals surface area contributed by atoms with Crippen LogP contribution in [0.25, 0.3) is 0 Å². The number of anilines is 1. The lowest BCUT2D eigenvalue weighted by molar-refractivity contribution is -0.384. The van der Waals surface area contributed by atoms with Gasteiger partial charge in [0.25, 0.3) is 5.69 Å². The smallest absolute Gasteiger partial charge is 0.269 e. The van der Waals surface area contributed by atoms with E-state index in [0.29, 0.717) is 13.2 Å². The van der Waals surface area contributed by atoms with Crippen LogP contribution >= 0.6 is 0 Å². The molecule has 0 radical (unpaired) electrons. The Morgan fingerprint density at radius 1 is 1.52 bits per heavy atom. The first-order valence-electron chi connectivity index (χ1n) is 7.41. The summed E-state index contributed by atoms with van der Waals surface area (Å²) in [5, 5.41) is 14.2. The fourth-order valence-corrected chi connectivity index (χ4v) is 2.32. The zero-order chi connectivity index (χ0) is 15.1. The molecule has 1 unspecified atom stereocenters. The highest BCUT2D eigenvalue weighted by atomic mass is 16.6. The molecule has 1 atom stereocenters. The van der Waals surface area contributed by atoms with E-state index >= 15 is 0 Å². The minimum atomic E-state index is -0.382. The van der Waals surface area contributed by atoms with E-state index in [9.17, 15) is 10.1 Å². The van der Waals surface area contributed by atoms with Gasteiger partial charge in [0.05, 0.1) is 24.2 Å². The van der Waals surface area contributed by atoms with Crippen LogP contribution in [0.15, 0.2) is 18.2 Å². The van der Waals surface area contributed by atoms with Crippen LogP contribution in [0.5, 0.6) is 0 Å². The molecule has 6 heteroatoms. The molecule has 1 aliphatic rings. The molecule has 1 aliphatic heterocycles. The zero-order valence-electron chi connectivity index (χ0n) is 12.3. The van der Waals surface area contributed by atoms with Gasteiger partial charge in [-0.05, 0) is 25.3 Å². The number of nitrogens with zero attached hydrogens (tertiary/aromatic N) is 1. The highest BCUT2D eigenvalue weighted by molar-refractivity contribution is 5.55. The second-order valence-corrected chi connectivity index (χ2v) is 5.18. The quantitative estimate of drug-likeness (QED) is 0.589. The van der Waals surface area contributed by atoms with Gasteiger partial charge in [-0.1, -0.05) is 6.92 Å². The van der Waals surface area contributed by atoms with Crippen molar-refractivity contribution in [3.63, 3.8) is 0 Å². The second-order valence-electron chi connectivity index (χ2n) is 5.18. The Hall–Kier alpha value is -1.66. The molecule has 1 heterocycles. The normalized spacial score (nSPS) is 17.9. The molecule has 0 spiro atoms. The van der Waals surface area contributed by atoms with Crippen LogP contribution in [0.4, 0.5) is 11.4 Å². The summed E-state index contributed by atoms with van der Waals surface area (Å²) in [5.41, 5.74) is 1.80. The molecular formula is C15H22N2O4. The Bertz CT molecular complexity index is 473. The van der Waals surface area contributed by atoms with Gasteiger partial charge >= 0.3 is 0 Å². The Balaban J connectivity index is 1.98. The molecule has 0 bridgehead atoms. The van der Waals surface area contributed by atoms with Gasteiger partial charge in [-0.3, -0.25) is 10.1 Å². The van der Waals surface area contributed by atoms with Gasteiger partial charge in [-0.25, -0.2) is 0 Å². The van der Waals surface area contributed by atoms with E-state index in [1.807, 2.05) is 0 Å². The predicted molar refractivity (Wildman–Crippen MR) is 80.5 cm³/mol. The fourth-order valence-electron chi connectivity index (χ4n) is 2.32. The number of non-ortho nitro benzene ring substituents is 1. The molecule has 6 nitrogen and oxygen atoms in total. The Morgan fingerprint density at radius 3 is 3.05 bits per heavy atom. The monoisotopic (exact) mass is 294 g/mol. The van der Waals surface area contributed by atoms with Crippen molar-refractivity contribution >= 4 is 11.4 Å². The first-order valence-corrected chi connectivity index (χ1v) is 7.41. The summed E-state index contributed by atoms with van der Waals surface area (Å²) >= 11 is 0. The summed E-state index contributed by atoms with van der Waals surface area (Å²) in [6, 6.07) is 4.84. The van der Waals surface area contributed by atoms with Crippen LogP contribution < -0.4 is 5.32 Å². The fraction of sp³-hybridized carbons (Fsp3) is 0.600. The molecule has 1 N–H and O–H groups in total. The van der Waals surface area contributed by atoms with Gasteiger partial charge in [0.15, 0.2) is 0 Å². The van der Waals surface area contributed by atoms with Crippen LogP contribution in [0.2, 0.25) is 0 Å². The standard InChI is InChI=1S/C15H22N2O4/c1-2-7-16-15-6-5-13(17(18)19)9-12(15)10-20-11-14-4-3-8-21-14/h5-6,9,14,16H,2-4,7-8,10-11H2,1H3. The van der Waals surface area contributed by atoms with Crippen molar-refractivity contribution in [3.05, 3.63) is 33.9 Å². The summed E-state index contributed by atoms with van der Waals surface area (Å²) in [7, 11) is 0. The van der Waals surface area contributed by atoms with Crippen molar-refractivity contribution in [2.45, 2.75) is 38.9 Å². The molecule has 116 valence electrons. The van der Waals surface area contributed by atoms with E-state index in [4.69, 9.17) is 9.47 Å². The highest BCUT2D eigenvalue weighted by Gasteiger charge is 2.16. The van der Waals surface area contributed by atoms with Gasteiger partial charge in [-0.15, -0.1) is 0 Å². The van der Waals surface area contributed by atoms with E-state index in [-0.39, 0.29) is 16.7 Å². The summed E-state index contributed by atoms with van der Waals surface area (Å²) < 4.78 is 11.2. The van der Waals surface area contributed by atoms with Crippen LogP contribution in [-0.4, -0.2) is 30.8 Å². The maximum absolute atomic E-state index is 10.9. The molecule has 0 aromatic heterocycles. The van der Waals surface area contributed by atoms with Gasteiger partial charge in [-0.2, -0.15) is 0 Å². The predicted octanol–water partition coefficient (Wildman–Crippen LogP) is 3.11. The topological polar surface area (TPSA) is 73.6 Å². The molecule has 1 fully saturated rings. The van der Waals surface area contributed by atoms with Gasteiger partial charge in [0.2, 0.25) is 0 Å². The Labute approximate surface area is 124 Å². The molecule has 21 heavy (non-hydrogen) atoms. The number of nitrogens with one attached hydrogen (secondary N) is 1. The minimum absolute atomic E-state index is 0.0905. The van der Waals surface area contributed by atoms with Crippen LogP contribution in [0, 0.1) is 10.1 Å². The third-order valence-corrected chi connectivity index (χ3v) is 3.45. The van der Waals surface area contributed by atoms with Crippen molar-refractivity contribution in [1.82, 2.24) is 0 Å². The molecule has 0 amide bonds. The lowest BCUT2D eigenvalue weighted by Gasteiger charge is -2.14. The number of rotatable bonds is 8. The SMILES string of the molecule is CCCNc1ccc([N+](=O)[O-])cc1COCC1CCCO1. The van der Waals surface area contributed by atoms with Gasteiger partial charge in [0.1, 0.15) is 0 Å². The number of ether oxygens (including phenoxy) is 2. The Morgan fingerprint density at radius 2 is 2.38 bits per heavy atom. The summed E-state index contributed by atoms with van der Waals surface area (Å²) in [6.07, 6.45) is 3.26. The number of nitro groups is 1. The average Bonchev–Trinajstić information content (AvgIpc) is 2.99. The average molecular weight is 294 g/mol. The first kappa shape index (κ1) is 15.7. The van der Waals surface area contributed by atoms with E-state index in [0.717, 1.165) is 43.7 Å². The minimum Gasteiger partial charge on any atom is -0.385 e. The first-order chi connectivity index (χ1) is 10.2. The van der Waals surface area contributed by atoms with Crippen LogP contribution in [0.1, 0.15) is 31.7 Å². The molecule has 2 rings (SSSR count). The van der Waals surface area contributed by atoms with Crippen LogP contribution in [-0.2, 0) is 16.1 Å². The summed E-state index contributed by atoms with van der Waals surface area (Å²) in [4.78, 5) is 10.5. The molecule has 0 aliphatic carbocycles. The third kappa shape index (κ3) is 4.68. The molecule has 1 aromatic rings. The van der Waals surface area contributed by atoms with E-state index in [1.54, 1.807) is 12.1 Å². The van der Waals surface area contributed by atoms with Crippen molar-refractivity contribution in [1.29, 1.82) is 0 Å². The van der Waals surface area contributed by atoms with Gasteiger partial charge < -0.3 is 14.8 Å². The zero-order valence-corrected chi connectivity index (χ0v) is 12.3. The number of benzene rings is 1. The van der Waals surface area contributed by atoms with E-state index in [1.165, 1.54) is 6.07 Å². The number of nitro benzene ring substituents is 1. The second kappa shape index (κ2) is 7.95. The molecular weight excluding hydrogens is 272 g/mol. The van der Waals surface area contributed by atoms with Crippen molar-refractivity contribution in [2.24, 2.45) is 0 Å². The lowest BCUT2D eigenvalue weighted by atomic mass is 10.1. The van der Waals surface area contributed by atoms with Gasteiger partial charge in [0, 0.05) is 36.5 Å². The van der Waals surface area contributed by atoms with E-state index < -0.39 is 0 Å². The summed E-state index contributed by atoms with van der Waals surface area (Å²) in [6.45, 7) is 4.60. The third-order valence-electron chi connectivity index (χ3n) is 3.45. The maximum atomic E-state index is 10.9. The van der Waals surface area contributed by atoms with Crippen molar-refractivity contribution in [3.8, 4) is 0 Å². The van der Waals surface area contributed by atoms with Crippen LogP contribution in [0.3, 0.4) is 0 Å². The molecule has 1 saturated heterocycles. The van der Waals surface area contributed by atoms with E-state index in [2.05, 4.69) is 12.2 Å². The molecule has 0 saturated carbocycles. The number of hydrogen-bond acceptors (Lipinski definition) is 5.